The number of aryl methyl sites for hydroxylation is 1. The summed E-state index contributed by atoms with van der Waals surface area (Å²) in [6, 6.07) is 3.42. The molecule has 0 aromatic carbocycles. The van der Waals surface area contributed by atoms with E-state index in [1.807, 2.05) is 12.3 Å². The standard InChI is InChI=1S/C17H10F3N3S3/c1-9-8-26-16(23-9)14-13(15-21-4-6-25-15)12(11-3-2-5-24-11)10(7-22-14)17(18,19)20/h2-8H,1H3. The van der Waals surface area contributed by atoms with Gasteiger partial charge in [0.15, 0.2) is 0 Å². The summed E-state index contributed by atoms with van der Waals surface area (Å²) in [7, 11) is 0. The van der Waals surface area contributed by atoms with E-state index in [2.05, 4.69) is 15.0 Å². The summed E-state index contributed by atoms with van der Waals surface area (Å²) in [5, 5.41) is 6.43. The van der Waals surface area contributed by atoms with Gasteiger partial charge in [0, 0.05) is 44.9 Å². The van der Waals surface area contributed by atoms with Crippen molar-refractivity contribution < 1.29 is 13.2 Å². The van der Waals surface area contributed by atoms with Crippen LogP contribution in [0.15, 0.2) is 40.7 Å². The Hall–Kier alpha value is -2.10. The number of rotatable bonds is 3. The Labute approximate surface area is 158 Å². The van der Waals surface area contributed by atoms with E-state index < -0.39 is 11.7 Å². The third-order valence-electron chi connectivity index (χ3n) is 3.62. The molecule has 3 nitrogen and oxygen atoms in total. The molecule has 132 valence electrons. The monoisotopic (exact) mass is 409 g/mol. The first kappa shape index (κ1) is 17.3. The zero-order valence-corrected chi connectivity index (χ0v) is 15.7. The minimum atomic E-state index is -4.52. The van der Waals surface area contributed by atoms with Crippen LogP contribution in [0.3, 0.4) is 0 Å². The molecule has 26 heavy (non-hydrogen) atoms. The summed E-state index contributed by atoms with van der Waals surface area (Å²) in [4.78, 5) is 13.4. The van der Waals surface area contributed by atoms with E-state index >= 15 is 0 Å². The van der Waals surface area contributed by atoms with E-state index in [9.17, 15) is 13.2 Å². The molecule has 0 unspecified atom stereocenters. The van der Waals surface area contributed by atoms with Crippen molar-refractivity contribution in [2.24, 2.45) is 0 Å². The van der Waals surface area contributed by atoms with Crippen LogP contribution >= 0.6 is 34.0 Å². The van der Waals surface area contributed by atoms with Crippen molar-refractivity contribution in [2.45, 2.75) is 13.1 Å². The van der Waals surface area contributed by atoms with Crippen molar-refractivity contribution in [2.75, 3.05) is 0 Å². The summed E-state index contributed by atoms with van der Waals surface area (Å²) in [5.41, 5.74) is 0.956. The van der Waals surface area contributed by atoms with Crippen molar-refractivity contribution >= 4 is 34.0 Å². The fourth-order valence-corrected chi connectivity index (χ4v) is 4.86. The average molecular weight is 409 g/mol. The maximum Gasteiger partial charge on any atom is 0.418 e. The van der Waals surface area contributed by atoms with Crippen LogP contribution in [-0.2, 0) is 6.18 Å². The molecule has 0 bridgehead atoms. The molecule has 0 N–H and O–H groups in total. The van der Waals surface area contributed by atoms with Gasteiger partial charge < -0.3 is 0 Å². The van der Waals surface area contributed by atoms with Crippen molar-refractivity contribution in [1.29, 1.82) is 0 Å². The maximum atomic E-state index is 13.7. The maximum absolute atomic E-state index is 13.7. The summed E-state index contributed by atoms with van der Waals surface area (Å²) < 4.78 is 41.2. The average Bonchev–Trinajstić information content (AvgIpc) is 3.35. The lowest BCUT2D eigenvalue weighted by Gasteiger charge is -2.17. The highest BCUT2D eigenvalue weighted by Crippen LogP contribution is 2.47. The van der Waals surface area contributed by atoms with Gasteiger partial charge >= 0.3 is 6.18 Å². The smallest absolute Gasteiger partial charge is 0.252 e. The molecule has 0 fully saturated rings. The highest BCUT2D eigenvalue weighted by molar-refractivity contribution is 7.15. The third-order valence-corrected chi connectivity index (χ3v) is 6.26. The van der Waals surface area contributed by atoms with Gasteiger partial charge in [-0.15, -0.1) is 34.0 Å². The quantitative estimate of drug-likeness (QED) is 0.394. The Balaban J connectivity index is 2.11. The number of thiophene rings is 1. The molecule has 0 amide bonds. The second-order valence-corrected chi connectivity index (χ2v) is 8.08. The number of hydrogen-bond donors (Lipinski definition) is 0. The predicted molar refractivity (Wildman–Crippen MR) is 99.5 cm³/mol. The minimum absolute atomic E-state index is 0.111. The van der Waals surface area contributed by atoms with Gasteiger partial charge in [-0.25, -0.2) is 9.97 Å². The van der Waals surface area contributed by atoms with Crippen molar-refractivity contribution in [3.63, 3.8) is 0 Å². The summed E-state index contributed by atoms with van der Waals surface area (Å²) >= 11 is 3.90. The number of thiazole rings is 2. The fourth-order valence-electron chi connectivity index (χ4n) is 2.58. The number of hydrogen-bond acceptors (Lipinski definition) is 6. The molecule has 0 radical (unpaired) electrons. The van der Waals surface area contributed by atoms with E-state index in [1.165, 1.54) is 34.0 Å². The molecule has 0 aliphatic carbocycles. The first-order valence-corrected chi connectivity index (χ1v) is 10.1. The molecule has 0 atom stereocenters. The second-order valence-electron chi connectivity index (χ2n) is 5.38. The Morgan fingerprint density at radius 2 is 1.81 bits per heavy atom. The van der Waals surface area contributed by atoms with Gasteiger partial charge in [-0.05, 0) is 18.4 Å². The zero-order chi connectivity index (χ0) is 18.3. The molecule has 0 aliphatic rings. The number of pyridine rings is 1. The molecule has 4 rings (SSSR count). The lowest BCUT2D eigenvalue weighted by Crippen LogP contribution is -2.10. The van der Waals surface area contributed by atoms with E-state index in [4.69, 9.17) is 0 Å². The van der Waals surface area contributed by atoms with Crippen molar-refractivity contribution in [3.05, 3.63) is 51.9 Å². The van der Waals surface area contributed by atoms with Gasteiger partial charge in [0.1, 0.15) is 15.7 Å². The van der Waals surface area contributed by atoms with E-state index in [0.717, 1.165) is 11.9 Å². The molecule has 0 saturated carbocycles. The van der Waals surface area contributed by atoms with Crippen LogP contribution < -0.4 is 0 Å². The van der Waals surface area contributed by atoms with Gasteiger partial charge in [-0.1, -0.05) is 6.07 Å². The fraction of sp³-hybridized carbons (Fsp3) is 0.118. The van der Waals surface area contributed by atoms with Gasteiger partial charge in [-0.2, -0.15) is 13.2 Å². The first-order valence-electron chi connectivity index (χ1n) is 7.41. The Morgan fingerprint density at radius 1 is 0.962 bits per heavy atom. The second kappa shape index (κ2) is 6.57. The summed E-state index contributed by atoms with van der Waals surface area (Å²) in [5.74, 6) is 0. The van der Waals surface area contributed by atoms with E-state index in [1.54, 1.807) is 29.1 Å². The lowest BCUT2D eigenvalue weighted by molar-refractivity contribution is -0.137. The number of nitrogens with zero attached hydrogens (tertiary/aromatic N) is 3. The molecular formula is C17H10F3N3S3. The normalized spacial score (nSPS) is 11.8. The zero-order valence-electron chi connectivity index (χ0n) is 13.2. The summed E-state index contributed by atoms with van der Waals surface area (Å²) in [6.45, 7) is 1.84. The van der Waals surface area contributed by atoms with Gasteiger partial charge in [0.2, 0.25) is 0 Å². The lowest BCUT2D eigenvalue weighted by atomic mass is 9.99. The van der Waals surface area contributed by atoms with E-state index in [0.29, 0.717) is 26.1 Å². The predicted octanol–water partition coefficient (Wildman–Crippen LogP) is 6.38. The molecule has 0 saturated heterocycles. The number of alkyl halides is 3. The SMILES string of the molecule is Cc1csc(-c2ncc(C(F)(F)F)c(-c3cccs3)c2-c2nccs2)n1. The van der Waals surface area contributed by atoms with Gasteiger partial charge in [0.25, 0.3) is 0 Å². The Kier molecular flexibility index (Phi) is 4.37. The van der Waals surface area contributed by atoms with Crippen molar-refractivity contribution in [3.8, 4) is 31.7 Å². The van der Waals surface area contributed by atoms with Crippen LogP contribution in [0.1, 0.15) is 11.3 Å². The summed E-state index contributed by atoms with van der Waals surface area (Å²) in [6.07, 6.45) is -2.04. The Bertz CT molecular complexity index is 1040. The molecular weight excluding hydrogens is 399 g/mol. The molecule has 4 heterocycles. The molecule has 9 heteroatoms. The number of halogens is 3. The topological polar surface area (TPSA) is 38.7 Å². The molecule has 0 aliphatic heterocycles. The third kappa shape index (κ3) is 3.06. The van der Waals surface area contributed by atoms with Crippen LogP contribution in [0.25, 0.3) is 31.7 Å². The Morgan fingerprint density at radius 3 is 2.38 bits per heavy atom. The van der Waals surface area contributed by atoms with Crippen LogP contribution in [0.5, 0.6) is 0 Å². The first-order chi connectivity index (χ1) is 12.4. The molecule has 4 aromatic rings. The van der Waals surface area contributed by atoms with Crippen LogP contribution in [0.2, 0.25) is 0 Å². The number of aromatic nitrogens is 3. The molecule has 4 aromatic heterocycles. The van der Waals surface area contributed by atoms with E-state index in [-0.39, 0.29) is 5.56 Å². The molecule has 0 spiro atoms. The van der Waals surface area contributed by atoms with Crippen LogP contribution in [0.4, 0.5) is 13.2 Å². The largest absolute Gasteiger partial charge is 0.418 e. The van der Waals surface area contributed by atoms with Crippen LogP contribution in [-0.4, -0.2) is 15.0 Å². The minimum Gasteiger partial charge on any atom is -0.252 e. The van der Waals surface area contributed by atoms with Crippen LogP contribution in [0, 0.1) is 6.92 Å². The van der Waals surface area contributed by atoms with Crippen molar-refractivity contribution in [1.82, 2.24) is 15.0 Å². The highest BCUT2D eigenvalue weighted by Gasteiger charge is 2.37. The van der Waals surface area contributed by atoms with Gasteiger partial charge in [-0.3, -0.25) is 4.98 Å². The van der Waals surface area contributed by atoms with Gasteiger partial charge in [0.05, 0.1) is 5.56 Å². The highest BCUT2D eigenvalue weighted by atomic mass is 32.1.